The van der Waals surface area contributed by atoms with Gasteiger partial charge in [0.15, 0.2) is 11.7 Å². The average Bonchev–Trinajstić information content (AvgIpc) is 3.39. The fourth-order valence-corrected chi connectivity index (χ4v) is 2.68. The summed E-state index contributed by atoms with van der Waals surface area (Å²) in [5, 5.41) is 23.2. The van der Waals surface area contributed by atoms with Gasteiger partial charge in [-0.3, -0.25) is 10.1 Å². The Morgan fingerprint density at radius 2 is 2.04 bits per heavy atom. The normalized spacial score (nSPS) is 12.3. The van der Waals surface area contributed by atoms with Crippen LogP contribution in [0.15, 0.2) is 58.1 Å². The molecule has 0 aliphatic heterocycles. The maximum Gasteiger partial charge on any atom is 0.216 e. The van der Waals surface area contributed by atoms with Gasteiger partial charge in [0.1, 0.15) is 5.82 Å². The average molecular weight is 496 g/mol. The molecule has 150 valence electrons. The molecule has 0 saturated heterocycles. The van der Waals surface area contributed by atoms with Crippen molar-refractivity contribution < 1.29 is 9.52 Å². The maximum absolute atomic E-state index is 9.64. The summed E-state index contributed by atoms with van der Waals surface area (Å²) in [6.07, 6.45) is 2.26. The lowest BCUT2D eigenvalue weighted by atomic mass is 10.0. The van der Waals surface area contributed by atoms with E-state index < -0.39 is 0 Å². The van der Waals surface area contributed by atoms with Gasteiger partial charge in [0.25, 0.3) is 0 Å². The van der Waals surface area contributed by atoms with Crippen molar-refractivity contribution in [3.63, 3.8) is 0 Å². The first-order valence-corrected chi connectivity index (χ1v) is 8.85. The lowest BCUT2D eigenvalue weighted by Crippen LogP contribution is -2.40. The highest BCUT2D eigenvalue weighted by atomic mass is 127. The zero-order chi connectivity index (χ0) is 18.9. The highest BCUT2D eigenvalue weighted by molar-refractivity contribution is 14.0. The van der Waals surface area contributed by atoms with E-state index in [-0.39, 0.29) is 36.5 Å². The van der Waals surface area contributed by atoms with Crippen LogP contribution in [0.4, 0.5) is 0 Å². The highest BCUT2D eigenvalue weighted by Gasteiger charge is 2.11. The summed E-state index contributed by atoms with van der Waals surface area (Å²) in [5.41, 5.74) is 1.09. The molecule has 1 aromatic carbocycles. The quantitative estimate of drug-likeness (QED) is 0.216. The van der Waals surface area contributed by atoms with E-state index in [9.17, 15) is 5.11 Å². The van der Waals surface area contributed by atoms with Crippen LogP contribution in [0.25, 0.3) is 11.6 Å². The van der Waals surface area contributed by atoms with Gasteiger partial charge in [-0.15, -0.1) is 24.0 Å². The second-order valence-corrected chi connectivity index (χ2v) is 6.00. The van der Waals surface area contributed by atoms with Crippen LogP contribution in [0.5, 0.6) is 0 Å². The van der Waals surface area contributed by atoms with Crippen LogP contribution in [0, 0.1) is 0 Å². The minimum absolute atomic E-state index is 0. The van der Waals surface area contributed by atoms with Gasteiger partial charge in [0.05, 0.1) is 12.9 Å². The molecular formula is C19H25IN6O2. The van der Waals surface area contributed by atoms with E-state index in [1.807, 2.05) is 36.4 Å². The number of rotatable bonds is 8. The van der Waals surface area contributed by atoms with Gasteiger partial charge in [0, 0.05) is 32.5 Å². The molecule has 0 spiro atoms. The molecule has 9 heteroatoms. The number of hydrogen-bond acceptors (Lipinski definition) is 5. The largest absolute Gasteiger partial charge is 0.461 e. The van der Waals surface area contributed by atoms with Crippen molar-refractivity contribution >= 4 is 29.9 Å². The molecule has 0 amide bonds. The number of hydrogen-bond donors (Lipinski definition) is 4. The first-order chi connectivity index (χ1) is 13.3. The summed E-state index contributed by atoms with van der Waals surface area (Å²) in [5.74, 6) is 2.64. The Labute approximate surface area is 180 Å². The first-order valence-electron chi connectivity index (χ1n) is 8.85. The van der Waals surface area contributed by atoms with Gasteiger partial charge in [-0.1, -0.05) is 30.3 Å². The van der Waals surface area contributed by atoms with E-state index in [4.69, 9.17) is 4.42 Å². The number of aliphatic hydroxyl groups is 1. The van der Waals surface area contributed by atoms with Crippen LogP contribution in [0.3, 0.4) is 0 Å². The van der Waals surface area contributed by atoms with Crippen LogP contribution in [0.1, 0.15) is 17.3 Å². The third-order valence-corrected chi connectivity index (χ3v) is 4.16. The van der Waals surface area contributed by atoms with E-state index in [1.165, 1.54) is 0 Å². The molecule has 2 heterocycles. The van der Waals surface area contributed by atoms with Crippen LogP contribution >= 0.6 is 24.0 Å². The number of furan rings is 1. The molecule has 0 fully saturated rings. The number of aliphatic imine (C=N–C) groups is 1. The van der Waals surface area contributed by atoms with Crippen molar-refractivity contribution in [1.82, 2.24) is 25.8 Å². The Kier molecular flexibility index (Phi) is 8.95. The van der Waals surface area contributed by atoms with Crippen LogP contribution < -0.4 is 10.6 Å². The molecule has 8 nitrogen and oxygen atoms in total. The topological polar surface area (TPSA) is 111 Å². The second kappa shape index (κ2) is 11.4. The fraction of sp³-hybridized carbons (Fsp3) is 0.316. The number of aromatic amines is 1. The molecule has 0 bridgehead atoms. The second-order valence-electron chi connectivity index (χ2n) is 6.00. The molecule has 28 heavy (non-hydrogen) atoms. The van der Waals surface area contributed by atoms with Crippen LogP contribution in [-0.4, -0.2) is 53.0 Å². The number of nitrogens with zero attached hydrogens (tertiary/aromatic N) is 3. The number of guanidine groups is 1. The lowest BCUT2D eigenvalue weighted by Gasteiger charge is -2.18. The summed E-state index contributed by atoms with van der Waals surface area (Å²) in [6.45, 7) is 1.30. The van der Waals surface area contributed by atoms with E-state index in [0.29, 0.717) is 37.1 Å². The van der Waals surface area contributed by atoms with Crippen molar-refractivity contribution in [2.24, 2.45) is 4.99 Å². The fourth-order valence-electron chi connectivity index (χ4n) is 2.68. The molecule has 0 aliphatic carbocycles. The summed E-state index contributed by atoms with van der Waals surface area (Å²) in [4.78, 5) is 8.63. The van der Waals surface area contributed by atoms with Crippen molar-refractivity contribution in [2.75, 3.05) is 26.7 Å². The smallest absolute Gasteiger partial charge is 0.216 e. The van der Waals surface area contributed by atoms with Gasteiger partial charge in [-0.2, -0.15) is 5.10 Å². The van der Waals surface area contributed by atoms with Crippen molar-refractivity contribution in [1.29, 1.82) is 0 Å². The lowest BCUT2D eigenvalue weighted by molar-refractivity contribution is 0.265. The molecule has 0 saturated carbocycles. The zero-order valence-electron chi connectivity index (χ0n) is 15.6. The predicted octanol–water partition coefficient (Wildman–Crippen LogP) is 2.17. The number of aromatic nitrogens is 3. The SMILES string of the molecule is CN=C(NCCc1nc(-c2ccco2)n[nH]1)NCC(CO)c1ccccc1.I. The van der Waals surface area contributed by atoms with Gasteiger partial charge < -0.3 is 20.2 Å². The summed E-state index contributed by atoms with van der Waals surface area (Å²) < 4.78 is 5.28. The first kappa shape index (κ1) is 21.9. The Bertz CT molecular complexity index is 835. The predicted molar refractivity (Wildman–Crippen MR) is 119 cm³/mol. The third-order valence-electron chi connectivity index (χ3n) is 4.16. The molecule has 3 aromatic rings. The van der Waals surface area contributed by atoms with Gasteiger partial charge in [-0.05, 0) is 17.7 Å². The van der Waals surface area contributed by atoms with E-state index in [0.717, 1.165) is 11.4 Å². The Hall–Kier alpha value is -2.40. The molecule has 0 radical (unpaired) electrons. The molecule has 4 N–H and O–H groups in total. The highest BCUT2D eigenvalue weighted by Crippen LogP contribution is 2.14. The minimum Gasteiger partial charge on any atom is -0.461 e. The number of nitrogens with one attached hydrogen (secondary N) is 3. The maximum atomic E-state index is 9.64. The molecule has 3 rings (SSSR count). The summed E-state index contributed by atoms with van der Waals surface area (Å²) >= 11 is 0. The molecule has 1 atom stereocenters. The standard InChI is InChI=1S/C19H24N6O2.HI/c1-20-19(22-12-15(13-26)14-6-3-2-4-7-14)21-10-9-17-23-18(25-24-17)16-8-5-11-27-16;/h2-8,11,15,26H,9-10,12-13H2,1H3,(H2,20,21,22)(H,23,24,25);1H. The zero-order valence-corrected chi connectivity index (χ0v) is 18.0. The number of benzene rings is 1. The monoisotopic (exact) mass is 496 g/mol. The minimum atomic E-state index is 0. The van der Waals surface area contributed by atoms with Crippen molar-refractivity contribution in [3.8, 4) is 11.6 Å². The van der Waals surface area contributed by atoms with Crippen molar-refractivity contribution in [2.45, 2.75) is 12.3 Å². The van der Waals surface area contributed by atoms with Gasteiger partial charge in [0.2, 0.25) is 5.82 Å². The van der Waals surface area contributed by atoms with E-state index in [1.54, 1.807) is 19.4 Å². The van der Waals surface area contributed by atoms with Gasteiger partial charge >= 0.3 is 0 Å². The molecule has 0 aliphatic rings. The Morgan fingerprint density at radius 3 is 2.71 bits per heavy atom. The van der Waals surface area contributed by atoms with E-state index >= 15 is 0 Å². The summed E-state index contributed by atoms with van der Waals surface area (Å²) in [6, 6.07) is 13.6. The van der Waals surface area contributed by atoms with Crippen LogP contribution in [-0.2, 0) is 6.42 Å². The number of H-pyrrole nitrogens is 1. The van der Waals surface area contributed by atoms with E-state index in [2.05, 4.69) is 30.8 Å². The molecule has 2 aromatic heterocycles. The Morgan fingerprint density at radius 1 is 1.21 bits per heavy atom. The summed E-state index contributed by atoms with van der Waals surface area (Å²) in [7, 11) is 1.72. The van der Waals surface area contributed by atoms with Crippen LogP contribution in [0.2, 0.25) is 0 Å². The van der Waals surface area contributed by atoms with Gasteiger partial charge in [-0.25, -0.2) is 4.98 Å². The van der Waals surface area contributed by atoms with Crippen molar-refractivity contribution in [3.05, 3.63) is 60.1 Å². The number of halogens is 1. The third kappa shape index (κ3) is 6.06. The molecular weight excluding hydrogens is 471 g/mol. The molecule has 1 unspecified atom stereocenters. The Balaban J connectivity index is 0.00000280. The number of aliphatic hydroxyl groups excluding tert-OH is 1.